The molecule has 126 valence electrons. The minimum absolute atomic E-state index is 0.225. The van der Waals surface area contributed by atoms with Crippen LogP contribution in [-0.2, 0) is 6.42 Å². The SMILES string of the molecule is CC1(C)Cc2cccc(OCCNC(=O)c3ccc[n+]([O-])c3)c2O1. The fourth-order valence-electron chi connectivity index (χ4n) is 2.72. The monoisotopic (exact) mass is 328 g/mol. The summed E-state index contributed by atoms with van der Waals surface area (Å²) in [7, 11) is 0. The Morgan fingerprint density at radius 2 is 2.21 bits per heavy atom. The number of benzene rings is 1. The van der Waals surface area contributed by atoms with Crippen LogP contribution >= 0.6 is 0 Å². The number of carbonyl (C=O) groups excluding carboxylic acids is 1. The fraction of sp³-hybridized carbons (Fsp3) is 0.333. The second kappa shape index (κ2) is 6.39. The predicted molar refractivity (Wildman–Crippen MR) is 88.1 cm³/mol. The normalized spacial score (nSPS) is 14.6. The fourth-order valence-corrected chi connectivity index (χ4v) is 2.72. The van der Waals surface area contributed by atoms with Gasteiger partial charge >= 0.3 is 0 Å². The molecule has 6 heteroatoms. The number of hydrogen-bond acceptors (Lipinski definition) is 4. The van der Waals surface area contributed by atoms with Crippen LogP contribution in [0.4, 0.5) is 0 Å². The van der Waals surface area contributed by atoms with E-state index in [1.165, 1.54) is 18.5 Å². The Bertz CT molecular complexity index is 758. The minimum Gasteiger partial charge on any atom is -0.619 e. The Balaban J connectivity index is 1.53. The number of para-hydroxylation sites is 1. The molecular weight excluding hydrogens is 308 g/mol. The maximum Gasteiger partial charge on any atom is 0.257 e. The summed E-state index contributed by atoms with van der Waals surface area (Å²) in [6, 6.07) is 8.95. The first-order valence-electron chi connectivity index (χ1n) is 7.85. The molecule has 1 N–H and O–H groups in total. The summed E-state index contributed by atoms with van der Waals surface area (Å²) in [5, 5.41) is 13.9. The third kappa shape index (κ3) is 3.59. The molecule has 2 aromatic rings. The molecule has 1 aliphatic rings. The van der Waals surface area contributed by atoms with E-state index in [4.69, 9.17) is 9.47 Å². The van der Waals surface area contributed by atoms with Gasteiger partial charge in [0.15, 0.2) is 23.9 Å². The van der Waals surface area contributed by atoms with Crippen molar-refractivity contribution < 1.29 is 19.0 Å². The molecule has 6 nitrogen and oxygen atoms in total. The Morgan fingerprint density at radius 3 is 3.00 bits per heavy atom. The average Bonchev–Trinajstić information content (AvgIpc) is 2.86. The van der Waals surface area contributed by atoms with Crippen LogP contribution in [0.25, 0.3) is 0 Å². The molecule has 0 saturated carbocycles. The number of hydrogen-bond donors (Lipinski definition) is 1. The predicted octanol–water partition coefficient (Wildman–Crippen LogP) is 1.84. The summed E-state index contributed by atoms with van der Waals surface area (Å²) in [5.74, 6) is 1.16. The second-order valence-electron chi connectivity index (χ2n) is 6.34. The van der Waals surface area contributed by atoms with Crippen LogP contribution in [-0.4, -0.2) is 24.7 Å². The molecule has 1 amide bonds. The van der Waals surface area contributed by atoms with Gasteiger partial charge in [0.1, 0.15) is 17.8 Å². The molecule has 0 radical (unpaired) electrons. The van der Waals surface area contributed by atoms with E-state index in [1.807, 2.05) is 32.0 Å². The molecule has 0 atom stereocenters. The van der Waals surface area contributed by atoms with Crippen molar-refractivity contribution in [1.82, 2.24) is 5.32 Å². The number of nitrogens with zero attached hydrogens (tertiary/aromatic N) is 1. The highest BCUT2D eigenvalue weighted by atomic mass is 16.5. The lowest BCUT2D eigenvalue weighted by atomic mass is 10.0. The van der Waals surface area contributed by atoms with Crippen molar-refractivity contribution in [1.29, 1.82) is 0 Å². The summed E-state index contributed by atoms with van der Waals surface area (Å²) < 4.78 is 12.3. The lowest BCUT2D eigenvalue weighted by molar-refractivity contribution is -0.605. The Labute approximate surface area is 140 Å². The van der Waals surface area contributed by atoms with Gasteiger partial charge in [0.25, 0.3) is 5.91 Å². The first kappa shape index (κ1) is 16.1. The van der Waals surface area contributed by atoms with E-state index >= 15 is 0 Å². The molecule has 3 rings (SSSR count). The summed E-state index contributed by atoms with van der Waals surface area (Å²) >= 11 is 0. The van der Waals surface area contributed by atoms with E-state index in [0.717, 1.165) is 17.7 Å². The molecule has 1 aliphatic heterocycles. The molecule has 1 aromatic heterocycles. The van der Waals surface area contributed by atoms with Crippen molar-refractivity contribution in [3.05, 3.63) is 59.1 Å². The maximum atomic E-state index is 11.9. The number of fused-ring (bicyclic) bond motifs is 1. The standard InChI is InChI=1S/C18H20N2O4/c1-18(2)11-13-5-3-7-15(16(13)24-18)23-10-8-19-17(21)14-6-4-9-20(22)12-14/h3-7,9,12H,8,10-11H2,1-2H3,(H,19,21). The van der Waals surface area contributed by atoms with Gasteiger partial charge in [-0.15, -0.1) is 0 Å². The smallest absolute Gasteiger partial charge is 0.257 e. The number of amides is 1. The molecule has 2 heterocycles. The first-order valence-corrected chi connectivity index (χ1v) is 7.85. The van der Waals surface area contributed by atoms with E-state index < -0.39 is 0 Å². The zero-order valence-electron chi connectivity index (χ0n) is 13.7. The number of carbonyl (C=O) groups is 1. The van der Waals surface area contributed by atoms with Gasteiger partial charge in [0.05, 0.1) is 6.54 Å². The van der Waals surface area contributed by atoms with Crippen LogP contribution in [0.2, 0.25) is 0 Å². The Kier molecular flexibility index (Phi) is 4.29. The average molecular weight is 328 g/mol. The van der Waals surface area contributed by atoms with Gasteiger partial charge in [-0.3, -0.25) is 4.79 Å². The summed E-state index contributed by atoms with van der Waals surface area (Å²) in [6.45, 7) is 4.73. The third-order valence-electron chi connectivity index (χ3n) is 3.74. The van der Waals surface area contributed by atoms with E-state index in [-0.39, 0.29) is 11.5 Å². The van der Waals surface area contributed by atoms with Gasteiger partial charge in [-0.05, 0) is 26.0 Å². The van der Waals surface area contributed by atoms with Crippen LogP contribution in [0.1, 0.15) is 29.8 Å². The van der Waals surface area contributed by atoms with E-state index in [0.29, 0.717) is 29.2 Å². The van der Waals surface area contributed by atoms with E-state index in [9.17, 15) is 10.0 Å². The molecular formula is C18H20N2O4. The highest BCUT2D eigenvalue weighted by Gasteiger charge is 2.32. The zero-order chi connectivity index (χ0) is 17.2. The van der Waals surface area contributed by atoms with Crippen LogP contribution in [0.3, 0.4) is 0 Å². The van der Waals surface area contributed by atoms with Gasteiger partial charge < -0.3 is 20.0 Å². The molecule has 0 spiro atoms. The summed E-state index contributed by atoms with van der Waals surface area (Å²) in [5.41, 5.74) is 1.22. The van der Waals surface area contributed by atoms with Crippen molar-refractivity contribution in [2.24, 2.45) is 0 Å². The Morgan fingerprint density at radius 1 is 1.38 bits per heavy atom. The van der Waals surface area contributed by atoms with Gasteiger partial charge in [0, 0.05) is 18.1 Å². The molecule has 0 aliphatic carbocycles. The third-order valence-corrected chi connectivity index (χ3v) is 3.74. The summed E-state index contributed by atoms with van der Waals surface area (Å²) in [4.78, 5) is 11.9. The topological polar surface area (TPSA) is 74.5 Å². The summed E-state index contributed by atoms with van der Waals surface area (Å²) in [6.07, 6.45) is 3.41. The van der Waals surface area contributed by atoms with Gasteiger partial charge in [-0.1, -0.05) is 12.1 Å². The van der Waals surface area contributed by atoms with Crippen molar-refractivity contribution in [2.75, 3.05) is 13.2 Å². The van der Waals surface area contributed by atoms with Crippen LogP contribution in [0, 0.1) is 5.21 Å². The van der Waals surface area contributed by atoms with Crippen molar-refractivity contribution in [3.63, 3.8) is 0 Å². The lowest BCUT2D eigenvalue weighted by Crippen LogP contribution is -2.32. The number of ether oxygens (including phenoxy) is 2. The molecule has 1 aromatic carbocycles. The van der Waals surface area contributed by atoms with Crippen LogP contribution < -0.4 is 19.5 Å². The molecule has 24 heavy (non-hydrogen) atoms. The highest BCUT2D eigenvalue weighted by molar-refractivity contribution is 5.93. The number of nitrogens with one attached hydrogen (secondary N) is 1. The van der Waals surface area contributed by atoms with Gasteiger partial charge in [0.2, 0.25) is 0 Å². The number of pyridine rings is 1. The van der Waals surface area contributed by atoms with Crippen LogP contribution in [0.5, 0.6) is 11.5 Å². The Hall–Kier alpha value is -2.76. The molecule has 0 unspecified atom stereocenters. The van der Waals surface area contributed by atoms with Crippen LogP contribution in [0.15, 0.2) is 42.7 Å². The van der Waals surface area contributed by atoms with Gasteiger partial charge in [-0.25, -0.2) is 0 Å². The highest BCUT2D eigenvalue weighted by Crippen LogP contribution is 2.41. The molecule has 0 fully saturated rings. The quantitative estimate of drug-likeness (QED) is 0.516. The van der Waals surface area contributed by atoms with E-state index in [2.05, 4.69) is 5.32 Å². The first-order chi connectivity index (χ1) is 11.4. The number of aromatic nitrogens is 1. The van der Waals surface area contributed by atoms with Crippen molar-refractivity contribution in [3.8, 4) is 11.5 Å². The van der Waals surface area contributed by atoms with E-state index in [1.54, 1.807) is 6.07 Å². The minimum atomic E-state index is -0.306. The lowest BCUT2D eigenvalue weighted by Gasteiger charge is -2.18. The zero-order valence-corrected chi connectivity index (χ0v) is 13.7. The largest absolute Gasteiger partial charge is 0.619 e. The second-order valence-corrected chi connectivity index (χ2v) is 6.34. The van der Waals surface area contributed by atoms with Crippen molar-refractivity contribution in [2.45, 2.75) is 25.9 Å². The number of rotatable bonds is 5. The molecule has 0 saturated heterocycles. The van der Waals surface area contributed by atoms with Crippen molar-refractivity contribution >= 4 is 5.91 Å². The van der Waals surface area contributed by atoms with Gasteiger partial charge in [-0.2, -0.15) is 4.73 Å². The molecule has 0 bridgehead atoms. The maximum absolute atomic E-state index is 11.9.